The molecule has 1 heterocycles. The fourth-order valence-electron chi connectivity index (χ4n) is 1.23. The monoisotopic (exact) mass is 219 g/mol. The third-order valence-corrected chi connectivity index (χ3v) is 1.96. The average molecular weight is 219 g/mol. The zero-order chi connectivity index (χ0) is 11.4. The highest BCUT2D eigenvalue weighted by atomic mass is 19.1. The number of aliphatic hydroxyl groups is 1. The molecule has 2 aromatic rings. The second-order valence-corrected chi connectivity index (χ2v) is 3.15. The summed E-state index contributed by atoms with van der Waals surface area (Å²) in [5, 5.41) is 11.8. The SMILES string of the molecule is OCc1nccc(Nc2ccc(F)cc2)n1. The van der Waals surface area contributed by atoms with E-state index in [1.54, 1.807) is 24.4 Å². The van der Waals surface area contributed by atoms with Crippen LogP contribution in [0.2, 0.25) is 0 Å². The van der Waals surface area contributed by atoms with Crippen molar-refractivity contribution < 1.29 is 9.50 Å². The van der Waals surface area contributed by atoms with Gasteiger partial charge in [0.1, 0.15) is 18.2 Å². The maximum Gasteiger partial charge on any atom is 0.156 e. The molecule has 0 aliphatic carbocycles. The summed E-state index contributed by atoms with van der Waals surface area (Å²) in [6.45, 7) is -0.209. The van der Waals surface area contributed by atoms with Gasteiger partial charge in [0.25, 0.3) is 0 Å². The van der Waals surface area contributed by atoms with Gasteiger partial charge in [-0.25, -0.2) is 14.4 Å². The number of rotatable bonds is 3. The number of hydrogen-bond acceptors (Lipinski definition) is 4. The Kier molecular flexibility index (Phi) is 3.07. The van der Waals surface area contributed by atoms with Crippen LogP contribution in [0.3, 0.4) is 0 Å². The van der Waals surface area contributed by atoms with Gasteiger partial charge in [-0.3, -0.25) is 0 Å². The highest BCUT2D eigenvalue weighted by Crippen LogP contribution is 2.14. The number of nitrogens with zero attached hydrogens (tertiary/aromatic N) is 2. The average Bonchev–Trinajstić information content (AvgIpc) is 2.32. The van der Waals surface area contributed by atoms with E-state index in [2.05, 4.69) is 15.3 Å². The Bertz CT molecular complexity index is 473. The zero-order valence-corrected chi connectivity index (χ0v) is 8.39. The summed E-state index contributed by atoms with van der Waals surface area (Å²) in [6.07, 6.45) is 1.55. The molecule has 0 amide bonds. The van der Waals surface area contributed by atoms with E-state index in [9.17, 15) is 4.39 Å². The van der Waals surface area contributed by atoms with Crippen LogP contribution in [0.5, 0.6) is 0 Å². The van der Waals surface area contributed by atoms with Crippen LogP contribution in [-0.4, -0.2) is 15.1 Å². The number of aromatic nitrogens is 2. The van der Waals surface area contributed by atoms with Gasteiger partial charge in [-0.2, -0.15) is 0 Å². The molecule has 16 heavy (non-hydrogen) atoms. The lowest BCUT2D eigenvalue weighted by molar-refractivity contribution is 0.271. The zero-order valence-electron chi connectivity index (χ0n) is 8.39. The predicted octanol–water partition coefficient (Wildman–Crippen LogP) is 1.85. The van der Waals surface area contributed by atoms with Gasteiger partial charge in [0.05, 0.1) is 0 Å². The van der Waals surface area contributed by atoms with Gasteiger partial charge in [0.15, 0.2) is 5.82 Å². The first-order valence-electron chi connectivity index (χ1n) is 4.73. The second kappa shape index (κ2) is 4.67. The van der Waals surface area contributed by atoms with E-state index >= 15 is 0 Å². The molecule has 0 unspecified atom stereocenters. The van der Waals surface area contributed by atoms with Crippen LogP contribution in [0.15, 0.2) is 36.5 Å². The highest BCUT2D eigenvalue weighted by molar-refractivity contribution is 5.55. The number of nitrogens with one attached hydrogen (secondary N) is 1. The topological polar surface area (TPSA) is 58.0 Å². The van der Waals surface area contributed by atoms with E-state index in [1.165, 1.54) is 12.1 Å². The molecule has 1 aromatic carbocycles. The van der Waals surface area contributed by atoms with E-state index in [0.29, 0.717) is 11.6 Å². The molecule has 0 radical (unpaired) electrons. The Hall–Kier alpha value is -2.01. The molecule has 1 aromatic heterocycles. The molecule has 0 saturated carbocycles. The largest absolute Gasteiger partial charge is 0.388 e. The van der Waals surface area contributed by atoms with Crippen molar-refractivity contribution in [1.29, 1.82) is 0 Å². The van der Waals surface area contributed by atoms with Crippen LogP contribution in [-0.2, 0) is 6.61 Å². The lowest BCUT2D eigenvalue weighted by Crippen LogP contribution is -1.99. The number of benzene rings is 1. The minimum Gasteiger partial charge on any atom is -0.388 e. The molecule has 0 spiro atoms. The van der Waals surface area contributed by atoms with Crippen molar-refractivity contribution in [2.45, 2.75) is 6.61 Å². The fourth-order valence-corrected chi connectivity index (χ4v) is 1.23. The molecular weight excluding hydrogens is 209 g/mol. The van der Waals surface area contributed by atoms with Crippen molar-refractivity contribution in [3.05, 3.63) is 48.2 Å². The number of aliphatic hydroxyl groups excluding tert-OH is 1. The van der Waals surface area contributed by atoms with Gasteiger partial charge in [-0.1, -0.05) is 0 Å². The third kappa shape index (κ3) is 2.52. The van der Waals surface area contributed by atoms with Crippen LogP contribution in [0, 0.1) is 5.82 Å². The second-order valence-electron chi connectivity index (χ2n) is 3.15. The van der Waals surface area contributed by atoms with Crippen molar-refractivity contribution >= 4 is 11.5 Å². The summed E-state index contributed by atoms with van der Waals surface area (Å²) >= 11 is 0. The molecule has 0 saturated heterocycles. The molecule has 82 valence electrons. The van der Waals surface area contributed by atoms with Crippen molar-refractivity contribution in [3.63, 3.8) is 0 Å². The summed E-state index contributed by atoms with van der Waals surface area (Å²) < 4.78 is 12.7. The Morgan fingerprint density at radius 2 is 1.94 bits per heavy atom. The van der Waals surface area contributed by atoms with E-state index in [4.69, 9.17) is 5.11 Å². The Morgan fingerprint density at radius 1 is 1.19 bits per heavy atom. The van der Waals surface area contributed by atoms with Crippen LogP contribution in [0.25, 0.3) is 0 Å². The van der Waals surface area contributed by atoms with Crippen molar-refractivity contribution in [2.75, 3.05) is 5.32 Å². The quantitative estimate of drug-likeness (QED) is 0.827. The van der Waals surface area contributed by atoms with Crippen LogP contribution in [0.4, 0.5) is 15.9 Å². The molecule has 5 heteroatoms. The molecule has 0 aliphatic heterocycles. The van der Waals surface area contributed by atoms with Crippen LogP contribution >= 0.6 is 0 Å². The summed E-state index contributed by atoms with van der Waals surface area (Å²) in [7, 11) is 0. The lowest BCUT2D eigenvalue weighted by atomic mass is 10.3. The van der Waals surface area contributed by atoms with Gasteiger partial charge in [0.2, 0.25) is 0 Å². The smallest absolute Gasteiger partial charge is 0.156 e. The maximum absolute atomic E-state index is 12.7. The molecule has 2 rings (SSSR count). The van der Waals surface area contributed by atoms with Crippen molar-refractivity contribution in [1.82, 2.24) is 9.97 Å². The highest BCUT2D eigenvalue weighted by Gasteiger charge is 1.98. The normalized spacial score (nSPS) is 10.1. The van der Waals surface area contributed by atoms with Crippen molar-refractivity contribution in [2.24, 2.45) is 0 Å². The minimum absolute atomic E-state index is 0.209. The van der Waals surface area contributed by atoms with E-state index in [-0.39, 0.29) is 12.4 Å². The summed E-state index contributed by atoms with van der Waals surface area (Å²) in [5.74, 6) is 0.613. The van der Waals surface area contributed by atoms with Gasteiger partial charge in [0, 0.05) is 11.9 Å². The molecule has 0 fully saturated rings. The summed E-state index contributed by atoms with van der Waals surface area (Å²) in [4.78, 5) is 7.90. The number of anilines is 2. The Balaban J connectivity index is 2.16. The lowest BCUT2D eigenvalue weighted by Gasteiger charge is -2.05. The third-order valence-electron chi connectivity index (χ3n) is 1.96. The van der Waals surface area contributed by atoms with E-state index in [0.717, 1.165) is 5.69 Å². The standard InChI is InChI=1S/C11H10FN3O/c12-8-1-3-9(4-2-8)14-10-5-6-13-11(7-16)15-10/h1-6,16H,7H2,(H,13,14,15). The van der Waals surface area contributed by atoms with E-state index < -0.39 is 0 Å². The first-order valence-corrected chi connectivity index (χ1v) is 4.73. The number of halogens is 1. The predicted molar refractivity (Wildman–Crippen MR) is 57.6 cm³/mol. The molecule has 4 nitrogen and oxygen atoms in total. The molecular formula is C11H10FN3O. The molecule has 0 bridgehead atoms. The van der Waals surface area contributed by atoms with Gasteiger partial charge in [-0.15, -0.1) is 0 Å². The molecule has 0 aliphatic rings. The number of hydrogen-bond donors (Lipinski definition) is 2. The summed E-state index contributed by atoms with van der Waals surface area (Å²) in [5.41, 5.74) is 0.726. The van der Waals surface area contributed by atoms with Crippen LogP contribution < -0.4 is 5.32 Å². The van der Waals surface area contributed by atoms with Gasteiger partial charge in [-0.05, 0) is 30.3 Å². The van der Waals surface area contributed by atoms with Gasteiger partial charge < -0.3 is 10.4 Å². The fraction of sp³-hybridized carbons (Fsp3) is 0.0909. The molecule has 0 atom stereocenters. The van der Waals surface area contributed by atoms with Crippen LogP contribution in [0.1, 0.15) is 5.82 Å². The van der Waals surface area contributed by atoms with Gasteiger partial charge >= 0.3 is 0 Å². The Morgan fingerprint density at radius 3 is 2.62 bits per heavy atom. The molecule has 2 N–H and O–H groups in total. The first-order chi connectivity index (χ1) is 7.78. The minimum atomic E-state index is -0.288. The summed E-state index contributed by atoms with van der Waals surface area (Å²) in [6, 6.07) is 7.60. The maximum atomic E-state index is 12.7. The van der Waals surface area contributed by atoms with Crippen molar-refractivity contribution in [3.8, 4) is 0 Å². The first kappa shape index (κ1) is 10.5. The van der Waals surface area contributed by atoms with E-state index in [1.807, 2.05) is 0 Å². The Labute approximate surface area is 91.8 Å².